The summed E-state index contributed by atoms with van der Waals surface area (Å²) < 4.78 is 32.1. The largest absolute Gasteiger partial charge is 0.464 e. The highest BCUT2D eigenvalue weighted by atomic mass is 79.9. The zero-order valence-corrected chi connectivity index (χ0v) is 13.5. The van der Waals surface area contributed by atoms with Crippen LogP contribution in [0.5, 0.6) is 0 Å². The van der Waals surface area contributed by atoms with Crippen LogP contribution in [-0.2, 0) is 19.6 Å². The van der Waals surface area contributed by atoms with Gasteiger partial charge in [0, 0.05) is 4.47 Å². The average Bonchev–Trinajstić information content (AvgIpc) is 3.21. The average molecular weight is 362 g/mol. The van der Waals surface area contributed by atoms with Crippen molar-refractivity contribution in [3.05, 3.63) is 28.2 Å². The molecule has 20 heavy (non-hydrogen) atoms. The van der Waals surface area contributed by atoms with Crippen molar-refractivity contribution in [2.24, 2.45) is 5.92 Å². The number of halogens is 1. The van der Waals surface area contributed by atoms with Crippen LogP contribution in [0.25, 0.3) is 0 Å². The van der Waals surface area contributed by atoms with E-state index in [2.05, 4.69) is 20.7 Å². The molecule has 2 rings (SSSR count). The van der Waals surface area contributed by atoms with Gasteiger partial charge in [-0.25, -0.2) is 8.42 Å². The third-order valence-corrected chi connectivity index (χ3v) is 5.31. The third-order valence-electron chi connectivity index (χ3n) is 3.02. The summed E-state index contributed by atoms with van der Waals surface area (Å²) >= 11 is 3.31. The van der Waals surface area contributed by atoms with Gasteiger partial charge in [-0.05, 0) is 49.4 Å². The van der Waals surface area contributed by atoms with Crippen LogP contribution in [0.15, 0.2) is 27.6 Å². The monoisotopic (exact) mass is 361 g/mol. The van der Waals surface area contributed by atoms with Crippen LogP contribution in [0.2, 0.25) is 0 Å². The zero-order chi connectivity index (χ0) is 14.8. The Bertz CT molecular complexity index is 611. The van der Waals surface area contributed by atoms with E-state index in [9.17, 15) is 13.2 Å². The maximum absolute atomic E-state index is 12.0. The molecule has 1 N–H and O–H groups in total. The third kappa shape index (κ3) is 4.29. The number of carbonyl (C=O) groups is 1. The fourth-order valence-electron chi connectivity index (χ4n) is 1.57. The lowest BCUT2D eigenvalue weighted by molar-refractivity contribution is -0.142. The second kappa shape index (κ2) is 6.24. The van der Waals surface area contributed by atoms with Crippen molar-refractivity contribution >= 4 is 31.9 Å². The number of esters is 1. The molecule has 0 heterocycles. The predicted molar refractivity (Wildman–Crippen MR) is 77.8 cm³/mol. The van der Waals surface area contributed by atoms with Crippen molar-refractivity contribution in [1.82, 2.24) is 4.72 Å². The van der Waals surface area contributed by atoms with Crippen LogP contribution in [0.3, 0.4) is 0 Å². The summed E-state index contributed by atoms with van der Waals surface area (Å²) in [6.45, 7) is 1.84. The van der Waals surface area contributed by atoms with Gasteiger partial charge in [0.1, 0.15) is 6.54 Å². The summed E-state index contributed by atoms with van der Waals surface area (Å²) in [7, 11) is -3.69. The summed E-state index contributed by atoms with van der Waals surface area (Å²) in [6.07, 6.45) is 2.16. The first kappa shape index (κ1) is 15.5. The molecule has 0 atom stereocenters. The first-order chi connectivity index (χ1) is 9.38. The molecule has 0 bridgehead atoms. The SMILES string of the molecule is Cc1cc(S(=O)(=O)NCC(=O)OCC2CC2)ccc1Br. The Kier molecular flexibility index (Phi) is 4.82. The standard InChI is InChI=1S/C13H16BrNO4S/c1-9-6-11(4-5-12(9)14)20(17,18)15-7-13(16)19-8-10-2-3-10/h4-6,10,15H,2-3,7-8H2,1H3. The lowest BCUT2D eigenvalue weighted by atomic mass is 10.2. The molecular formula is C13H16BrNO4S. The highest BCUT2D eigenvalue weighted by molar-refractivity contribution is 9.10. The molecule has 1 aromatic carbocycles. The molecule has 0 aromatic heterocycles. The second-order valence-electron chi connectivity index (χ2n) is 4.86. The molecule has 1 saturated carbocycles. The van der Waals surface area contributed by atoms with E-state index < -0.39 is 16.0 Å². The Balaban J connectivity index is 1.92. The van der Waals surface area contributed by atoms with Gasteiger partial charge in [0.05, 0.1) is 11.5 Å². The maximum Gasteiger partial charge on any atom is 0.321 e. The molecule has 5 nitrogen and oxygen atoms in total. The number of sulfonamides is 1. The molecule has 0 aliphatic heterocycles. The van der Waals surface area contributed by atoms with Crippen LogP contribution in [-0.4, -0.2) is 27.5 Å². The minimum Gasteiger partial charge on any atom is -0.464 e. The molecule has 0 unspecified atom stereocenters. The number of carbonyl (C=O) groups excluding carboxylic acids is 1. The summed E-state index contributed by atoms with van der Waals surface area (Å²) in [5, 5.41) is 0. The zero-order valence-electron chi connectivity index (χ0n) is 11.1. The van der Waals surface area contributed by atoms with Crippen LogP contribution >= 0.6 is 15.9 Å². The minimum atomic E-state index is -3.69. The Labute approximate surface area is 126 Å². The fourth-order valence-corrected chi connectivity index (χ4v) is 2.87. The van der Waals surface area contributed by atoms with E-state index in [4.69, 9.17) is 4.74 Å². The van der Waals surface area contributed by atoms with Gasteiger partial charge in [0.25, 0.3) is 0 Å². The molecule has 1 fully saturated rings. The highest BCUT2D eigenvalue weighted by Gasteiger charge is 2.23. The summed E-state index contributed by atoms with van der Waals surface area (Å²) in [4.78, 5) is 11.6. The van der Waals surface area contributed by atoms with Crippen molar-refractivity contribution < 1.29 is 17.9 Å². The Morgan fingerprint density at radius 2 is 2.15 bits per heavy atom. The molecule has 0 spiro atoms. The van der Waals surface area contributed by atoms with Gasteiger partial charge in [0.15, 0.2) is 0 Å². The van der Waals surface area contributed by atoms with Crippen molar-refractivity contribution in [2.45, 2.75) is 24.7 Å². The van der Waals surface area contributed by atoms with Crippen LogP contribution in [0.4, 0.5) is 0 Å². The number of rotatable bonds is 6. The number of hydrogen-bond donors (Lipinski definition) is 1. The first-order valence-corrected chi connectivity index (χ1v) is 8.57. The van der Waals surface area contributed by atoms with Crippen molar-refractivity contribution in [3.63, 3.8) is 0 Å². The molecule has 0 amide bonds. The van der Waals surface area contributed by atoms with Crippen LogP contribution in [0, 0.1) is 12.8 Å². The normalized spacial score (nSPS) is 15.1. The topological polar surface area (TPSA) is 72.5 Å². The quantitative estimate of drug-likeness (QED) is 0.786. The first-order valence-electron chi connectivity index (χ1n) is 6.30. The fraction of sp³-hybridized carbons (Fsp3) is 0.462. The van der Waals surface area contributed by atoms with Crippen LogP contribution < -0.4 is 4.72 Å². The van der Waals surface area contributed by atoms with Crippen molar-refractivity contribution in [2.75, 3.05) is 13.2 Å². The lowest BCUT2D eigenvalue weighted by Crippen LogP contribution is -2.31. The summed E-state index contributed by atoms with van der Waals surface area (Å²) in [5.41, 5.74) is 0.809. The molecule has 1 aliphatic rings. The molecular weight excluding hydrogens is 346 g/mol. The van der Waals surface area contributed by atoms with E-state index in [-0.39, 0.29) is 11.4 Å². The minimum absolute atomic E-state index is 0.133. The molecule has 0 radical (unpaired) electrons. The van der Waals surface area contributed by atoms with Gasteiger partial charge in [-0.2, -0.15) is 4.72 Å². The predicted octanol–water partition coefficient (Wildman–Crippen LogP) is 1.99. The van der Waals surface area contributed by atoms with Gasteiger partial charge in [0.2, 0.25) is 10.0 Å². The van der Waals surface area contributed by atoms with Crippen LogP contribution in [0.1, 0.15) is 18.4 Å². The molecule has 110 valence electrons. The maximum atomic E-state index is 12.0. The molecule has 1 aromatic rings. The summed E-state index contributed by atoms with van der Waals surface area (Å²) in [6, 6.07) is 4.69. The van der Waals surface area contributed by atoms with Gasteiger partial charge < -0.3 is 4.74 Å². The Morgan fingerprint density at radius 1 is 1.45 bits per heavy atom. The van der Waals surface area contributed by atoms with Crippen molar-refractivity contribution in [3.8, 4) is 0 Å². The lowest BCUT2D eigenvalue weighted by Gasteiger charge is -2.08. The van der Waals surface area contributed by atoms with E-state index in [0.717, 1.165) is 22.9 Å². The van der Waals surface area contributed by atoms with Gasteiger partial charge in [-0.1, -0.05) is 15.9 Å². The van der Waals surface area contributed by atoms with Gasteiger partial charge >= 0.3 is 5.97 Å². The Morgan fingerprint density at radius 3 is 2.75 bits per heavy atom. The van der Waals surface area contributed by atoms with Gasteiger partial charge in [-0.15, -0.1) is 0 Å². The number of nitrogens with one attached hydrogen (secondary N) is 1. The summed E-state index contributed by atoms with van der Waals surface area (Å²) in [5.74, 6) is -0.0843. The van der Waals surface area contributed by atoms with Gasteiger partial charge in [-0.3, -0.25) is 4.79 Å². The van der Waals surface area contributed by atoms with E-state index in [1.165, 1.54) is 6.07 Å². The highest BCUT2D eigenvalue weighted by Crippen LogP contribution is 2.28. The number of hydrogen-bond acceptors (Lipinski definition) is 4. The van der Waals surface area contributed by atoms with Crippen molar-refractivity contribution in [1.29, 1.82) is 0 Å². The second-order valence-corrected chi connectivity index (χ2v) is 7.48. The molecule has 0 saturated heterocycles. The van der Waals surface area contributed by atoms with E-state index in [1.807, 2.05) is 0 Å². The van der Waals surface area contributed by atoms with E-state index in [1.54, 1.807) is 19.1 Å². The molecule has 7 heteroatoms. The number of ether oxygens (including phenoxy) is 1. The smallest absolute Gasteiger partial charge is 0.321 e. The number of aryl methyl sites for hydroxylation is 1. The molecule has 1 aliphatic carbocycles. The number of benzene rings is 1. The Hall–Kier alpha value is -0.920. The van der Waals surface area contributed by atoms with E-state index >= 15 is 0 Å². The van der Waals surface area contributed by atoms with E-state index in [0.29, 0.717) is 12.5 Å².